The van der Waals surface area contributed by atoms with Gasteiger partial charge < -0.3 is 9.88 Å². The number of aromatic nitrogens is 2. The molecule has 1 amide bonds. The fourth-order valence-electron chi connectivity index (χ4n) is 3.55. The van der Waals surface area contributed by atoms with Gasteiger partial charge in [0.1, 0.15) is 0 Å². The Morgan fingerprint density at radius 2 is 1.73 bits per heavy atom. The van der Waals surface area contributed by atoms with Crippen LogP contribution in [-0.4, -0.2) is 15.5 Å². The van der Waals surface area contributed by atoms with E-state index < -0.39 is 0 Å². The molecule has 0 radical (unpaired) electrons. The Morgan fingerprint density at radius 3 is 2.53 bits per heavy atom. The smallest absolute Gasteiger partial charge is 0.258 e. The van der Waals surface area contributed by atoms with E-state index >= 15 is 0 Å². The lowest BCUT2D eigenvalue weighted by Gasteiger charge is -2.11. The first-order chi connectivity index (χ1) is 14.7. The number of carbonyl (C=O) groups is 1. The van der Waals surface area contributed by atoms with E-state index in [-0.39, 0.29) is 11.5 Å². The van der Waals surface area contributed by atoms with Gasteiger partial charge in [0.2, 0.25) is 5.91 Å². The SMILES string of the molecule is O=C(CCCc1ccccc1)Nc1cccc2c(=O)n(Cc3cccnc3)ccc12. The summed E-state index contributed by atoms with van der Waals surface area (Å²) in [6.07, 6.45) is 7.30. The zero-order chi connectivity index (χ0) is 20.8. The Labute approximate surface area is 175 Å². The van der Waals surface area contributed by atoms with E-state index in [1.807, 2.05) is 42.5 Å². The molecule has 2 aromatic heterocycles. The number of benzene rings is 2. The first kappa shape index (κ1) is 19.6. The fraction of sp³-hybridized carbons (Fsp3) is 0.160. The summed E-state index contributed by atoms with van der Waals surface area (Å²) < 4.78 is 1.66. The maximum atomic E-state index is 12.9. The highest BCUT2D eigenvalue weighted by molar-refractivity contribution is 6.01. The van der Waals surface area contributed by atoms with Gasteiger partial charge in [-0.25, -0.2) is 0 Å². The molecule has 30 heavy (non-hydrogen) atoms. The average molecular weight is 397 g/mol. The molecule has 1 N–H and O–H groups in total. The van der Waals surface area contributed by atoms with Gasteiger partial charge in [-0.2, -0.15) is 0 Å². The van der Waals surface area contributed by atoms with Crippen LogP contribution in [0.2, 0.25) is 0 Å². The molecule has 4 aromatic rings. The van der Waals surface area contributed by atoms with E-state index in [1.54, 1.807) is 35.3 Å². The molecule has 0 atom stereocenters. The molecular formula is C25H23N3O2. The number of amides is 1. The van der Waals surface area contributed by atoms with Crippen LogP contribution >= 0.6 is 0 Å². The second kappa shape index (κ2) is 9.18. The van der Waals surface area contributed by atoms with Crippen molar-refractivity contribution in [2.24, 2.45) is 0 Å². The van der Waals surface area contributed by atoms with Gasteiger partial charge in [-0.3, -0.25) is 14.6 Å². The lowest BCUT2D eigenvalue weighted by atomic mass is 10.1. The zero-order valence-electron chi connectivity index (χ0n) is 16.6. The van der Waals surface area contributed by atoms with Crippen LogP contribution in [0.5, 0.6) is 0 Å². The lowest BCUT2D eigenvalue weighted by molar-refractivity contribution is -0.116. The van der Waals surface area contributed by atoms with E-state index in [0.717, 1.165) is 23.8 Å². The van der Waals surface area contributed by atoms with Gasteiger partial charge in [0, 0.05) is 41.5 Å². The second-order valence-electron chi connectivity index (χ2n) is 7.26. The summed E-state index contributed by atoms with van der Waals surface area (Å²) in [5, 5.41) is 4.31. The molecule has 0 spiro atoms. The Balaban J connectivity index is 1.47. The minimum absolute atomic E-state index is 0.0435. The largest absolute Gasteiger partial charge is 0.326 e. The van der Waals surface area contributed by atoms with Gasteiger partial charge in [0.25, 0.3) is 5.56 Å². The Hall–Kier alpha value is -3.73. The fourth-order valence-corrected chi connectivity index (χ4v) is 3.55. The van der Waals surface area contributed by atoms with Crippen molar-refractivity contribution in [3.05, 3.63) is 107 Å². The molecular weight excluding hydrogens is 374 g/mol. The van der Waals surface area contributed by atoms with Crippen LogP contribution in [-0.2, 0) is 17.8 Å². The van der Waals surface area contributed by atoms with Crippen LogP contribution < -0.4 is 10.9 Å². The molecule has 2 aromatic carbocycles. The number of nitrogens with zero attached hydrogens (tertiary/aromatic N) is 2. The number of pyridine rings is 2. The van der Waals surface area contributed by atoms with Crippen molar-refractivity contribution in [1.29, 1.82) is 0 Å². The van der Waals surface area contributed by atoms with Crippen LogP contribution in [0.1, 0.15) is 24.0 Å². The molecule has 5 nitrogen and oxygen atoms in total. The molecule has 5 heteroatoms. The quantitative estimate of drug-likeness (QED) is 0.502. The van der Waals surface area contributed by atoms with Crippen molar-refractivity contribution in [3.8, 4) is 0 Å². The number of fused-ring (bicyclic) bond motifs is 1. The van der Waals surface area contributed by atoms with Gasteiger partial charge in [-0.1, -0.05) is 42.5 Å². The van der Waals surface area contributed by atoms with E-state index in [2.05, 4.69) is 22.4 Å². The lowest BCUT2D eigenvalue weighted by Crippen LogP contribution is -2.20. The van der Waals surface area contributed by atoms with Crippen molar-refractivity contribution in [2.45, 2.75) is 25.8 Å². The topological polar surface area (TPSA) is 64.0 Å². The van der Waals surface area contributed by atoms with Crippen molar-refractivity contribution in [2.75, 3.05) is 5.32 Å². The summed E-state index contributed by atoms with van der Waals surface area (Å²) >= 11 is 0. The Bertz CT molecular complexity index is 1200. The van der Waals surface area contributed by atoms with E-state index in [9.17, 15) is 9.59 Å². The third-order valence-electron chi connectivity index (χ3n) is 5.08. The van der Waals surface area contributed by atoms with Gasteiger partial charge in [0.15, 0.2) is 0 Å². The minimum atomic E-state index is -0.0865. The number of anilines is 1. The first-order valence-electron chi connectivity index (χ1n) is 10.1. The summed E-state index contributed by atoms with van der Waals surface area (Å²) in [5.41, 5.74) is 2.77. The maximum Gasteiger partial charge on any atom is 0.258 e. The molecule has 0 aliphatic carbocycles. The zero-order valence-corrected chi connectivity index (χ0v) is 16.6. The van der Waals surface area contributed by atoms with E-state index in [1.165, 1.54) is 5.56 Å². The summed E-state index contributed by atoms with van der Waals surface area (Å²) in [6.45, 7) is 0.457. The van der Waals surface area contributed by atoms with E-state index in [4.69, 9.17) is 0 Å². The molecule has 0 saturated heterocycles. The predicted octanol–water partition coefficient (Wildman–Crippen LogP) is 4.41. The van der Waals surface area contributed by atoms with Gasteiger partial charge in [-0.05, 0) is 48.2 Å². The summed E-state index contributed by atoms with van der Waals surface area (Å²) in [6, 6.07) is 21.2. The summed E-state index contributed by atoms with van der Waals surface area (Å²) in [5.74, 6) is -0.0435. The third-order valence-corrected chi connectivity index (χ3v) is 5.08. The normalized spacial score (nSPS) is 10.8. The summed E-state index contributed by atoms with van der Waals surface area (Å²) in [7, 11) is 0. The van der Waals surface area contributed by atoms with Crippen molar-refractivity contribution < 1.29 is 4.79 Å². The molecule has 0 saturated carbocycles. The van der Waals surface area contributed by atoms with Crippen LogP contribution in [0.4, 0.5) is 5.69 Å². The third kappa shape index (κ3) is 4.63. The van der Waals surface area contributed by atoms with Gasteiger partial charge >= 0.3 is 0 Å². The second-order valence-corrected chi connectivity index (χ2v) is 7.26. The van der Waals surface area contributed by atoms with Crippen molar-refractivity contribution >= 4 is 22.4 Å². The standard InChI is InChI=1S/C25H23N3O2/c29-24(13-4-9-19-7-2-1-3-8-19)27-23-12-5-11-22-21(23)14-16-28(25(22)30)18-20-10-6-15-26-17-20/h1-3,5-8,10-12,14-17H,4,9,13,18H2,(H,27,29). The highest BCUT2D eigenvalue weighted by atomic mass is 16.1. The first-order valence-corrected chi connectivity index (χ1v) is 10.1. The molecule has 0 fully saturated rings. The van der Waals surface area contributed by atoms with Crippen LogP contribution in [0, 0.1) is 0 Å². The number of carbonyl (C=O) groups excluding carboxylic acids is 1. The minimum Gasteiger partial charge on any atom is -0.326 e. The van der Waals surface area contributed by atoms with Crippen LogP contribution in [0.15, 0.2) is 90.1 Å². The Morgan fingerprint density at radius 1 is 0.900 bits per heavy atom. The Kier molecular flexibility index (Phi) is 5.99. The van der Waals surface area contributed by atoms with Crippen LogP contribution in [0.3, 0.4) is 0 Å². The van der Waals surface area contributed by atoms with Crippen molar-refractivity contribution in [3.63, 3.8) is 0 Å². The van der Waals surface area contributed by atoms with E-state index in [0.29, 0.717) is 24.0 Å². The average Bonchev–Trinajstić information content (AvgIpc) is 2.77. The molecule has 0 aliphatic heterocycles. The van der Waals surface area contributed by atoms with Crippen molar-refractivity contribution in [1.82, 2.24) is 9.55 Å². The summed E-state index contributed by atoms with van der Waals surface area (Å²) in [4.78, 5) is 29.5. The highest BCUT2D eigenvalue weighted by Gasteiger charge is 2.10. The molecule has 0 aliphatic rings. The number of nitrogens with one attached hydrogen (secondary N) is 1. The molecule has 0 bridgehead atoms. The van der Waals surface area contributed by atoms with Gasteiger partial charge in [-0.15, -0.1) is 0 Å². The number of hydrogen-bond acceptors (Lipinski definition) is 3. The molecule has 2 heterocycles. The molecule has 4 rings (SSSR count). The van der Waals surface area contributed by atoms with Crippen LogP contribution in [0.25, 0.3) is 10.8 Å². The monoisotopic (exact) mass is 397 g/mol. The predicted molar refractivity (Wildman–Crippen MR) is 120 cm³/mol. The van der Waals surface area contributed by atoms with Gasteiger partial charge in [0.05, 0.1) is 6.54 Å². The number of rotatable bonds is 7. The molecule has 150 valence electrons. The number of hydrogen-bond donors (Lipinski definition) is 1. The maximum absolute atomic E-state index is 12.9. The number of aryl methyl sites for hydroxylation is 1. The highest BCUT2D eigenvalue weighted by Crippen LogP contribution is 2.21. The molecule has 0 unspecified atom stereocenters.